The van der Waals surface area contributed by atoms with Gasteiger partial charge in [0.05, 0.1) is 6.54 Å². The molecule has 17 heavy (non-hydrogen) atoms. The highest BCUT2D eigenvalue weighted by Gasteiger charge is 2.18. The van der Waals surface area contributed by atoms with E-state index in [-0.39, 0.29) is 13.2 Å². The number of aliphatic imine (C=N–C) groups is 2. The summed E-state index contributed by atoms with van der Waals surface area (Å²) in [4.78, 5) is 37.9. The van der Waals surface area contributed by atoms with Crippen molar-refractivity contribution in [3.63, 3.8) is 0 Å². The number of hydrogen-bond acceptors (Lipinski definition) is 7. The summed E-state index contributed by atoms with van der Waals surface area (Å²) < 4.78 is 4.77. The Morgan fingerprint density at radius 3 is 2.65 bits per heavy atom. The van der Waals surface area contributed by atoms with Crippen molar-refractivity contribution in [1.82, 2.24) is 0 Å². The maximum absolute atomic E-state index is 11.4. The highest BCUT2D eigenvalue weighted by Crippen LogP contribution is 2.06. The second kappa shape index (κ2) is 10.7. The SMILES string of the molecule is NCCCCC(N=C=O)C(=O)OCCN=C=O. The maximum atomic E-state index is 11.4. The van der Waals surface area contributed by atoms with Crippen LogP contribution in [-0.4, -0.2) is 43.9 Å². The van der Waals surface area contributed by atoms with Gasteiger partial charge in [0.15, 0.2) is 6.04 Å². The first kappa shape index (κ1) is 15.2. The molecule has 0 bridgehead atoms. The van der Waals surface area contributed by atoms with Crippen molar-refractivity contribution < 1.29 is 19.1 Å². The second-order valence-electron chi connectivity index (χ2n) is 3.16. The molecule has 0 saturated heterocycles. The van der Waals surface area contributed by atoms with Crippen molar-refractivity contribution >= 4 is 18.1 Å². The number of isocyanates is 2. The van der Waals surface area contributed by atoms with Crippen molar-refractivity contribution in [2.75, 3.05) is 19.7 Å². The zero-order chi connectivity index (χ0) is 12.9. The Morgan fingerprint density at radius 1 is 1.29 bits per heavy atom. The van der Waals surface area contributed by atoms with E-state index in [1.165, 1.54) is 12.2 Å². The van der Waals surface area contributed by atoms with E-state index in [1.54, 1.807) is 0 Å². The fourth-order valence-corrected chi connectivity index (χ4v) is 1.11. The molecule has 94 valence electrons. The van der Waals surface area contributed by atoms with Gasteiger partial charge in [-0.25, -0.2) is 19.4 Å². The van der Waals surface area contributed by atoms with E-state index in [2.05, 4.69) is 9.98 Å². The van der Waals surface area contributed by atoms with Gasteiger partial charge in [0.2, 0.25) is 12.2 Å². The molecular formula is C10H15N3O4. The van der Waals surface area contributed by atoms with Crippen molar-refractivity contribution in [3.05, 3.63) is 0 Å². The van der Waals surface area contributed by atoms with Gasteiger partial charge in [0.25, 0.3) is 0 Å². The fraction of sp³-hybridized carbons (Fsp3) is 0.700. The van der Waals surface area contributed by atoms with E-state index in [4.69, 9.17) is 10.5 Å². The summed E-state index contributed by atoms with van der Waals surface area (Å²) >= 11 is 0. The Balaban J connectivity index is 4.05. The molecule has 7 nitrogen and oxygen atoms in total. The lowest BCUT2D eigenvalue weighted by molar-refractivity contribution is -0.145. The van der Waals surface area contributed by atoms with Crippen LogP contribution < -0.4 is 5.73 Å². The molecule has 1 unspecified atom stereocenters. The van der Waals surface area contributed by atoms with Crippen LogP contribution >= 0.6 is 0 Å². The normalized spacial score (nSPS) is 10.9. The Hall–Kier alpha value is -1.81. The molecule has 0 aliphatic heterocycles. The number of nitrogens with two attached hydrogens (primary N) is 1. The van der Waals surface area contributed by atoms with Gasteiger partial charge >= 0.3 is 5.97 Å². The lowest BCUT2D eigenvalue weighted by atomic mass is 10.1. The molecule has 1 atom stereocenters. The first-order valence-electron chi connectivity index (χ1n) is 5.23. The molecule has 0 spiro atoms. The van der Waals surface area contributed by atoms with Crippen LogP contribution in [0.2, 0.25) is 0 Å². The third-order valence-electron chi connectivity index (χ3n) is 1.92. The molecule has 0 aromatic carbocycles. The number of hydrogen-bond donors (Lipinski definition) is 1. The molecule has 0 aliphatic rings. The molecule has 0 fully saturated rings. The van der Waals surface area contributed by atoms with E-state index in [1.807, 2.05) is 0 Å². The Bertz CT molecular complexity index is 320. The Kier molecular flexibility index (Phi) is 9.56. The number of esters is 1. The van der Waals surface area contributed by atoms with E-state index in [0.29, 0.717) is 19.4 Å². The molecule has 0 rings (SSSR count). The number of carbonyl (C=O) groups excluding carboxylic acids is 3. The fourth-order valence-electron chi connectivity index (χ4n) is 1.11. The maximum Gasteiger partial charge on any atom is 0.331 e. The number of ether oxygens (including phenoxy) is 1. The van der Waals surface area contributed by atoms with Crippen LogP contribution in [0.15, 0.2) is 9.98 Å². The standard InChI is InChI=1S/C10H15N3O4/c11-4-2-1-3-9(13-8-15)10(16)17-6-5-12-7-14/h9H,1-6,11H2. The predicted octanol–water partition coefficient (Wildman–Crippen LogP) is -0.301. The van der Waals surface area contributed by atoms with Crippen LogP contribution in [0.25, 0.3) is 0 Å². The van der Waals surface area contributed by atoms with Gasteiger partial charge < -0.3 is 10.5 Å². The monoisotopic (exact) mass is 241 g/mol. The molecule has 0 aromatic rings. The zero-order valence-electron chi connectivity index (χ0n) is 9.42. The smallest absolute Gasteiger partial charge is 0.331 e. The van der Waals surface area contributed by atoms with Crippen LogP contribution in [0, 0.1) is 0 Å². The van der Waals surface area contributed by atoms with E-state index in [0.717, 1.165) is 6.42 Å². The lowest BCUT2D eigenvalue weighted by Crippen LogP contribution is -2.23. The number of rotatable bonds is 9. The average Bonchev–Trinajstić information content (AvgIpc) is 2.33. The minimum absolute atomic E-state index is 0.0319. The number of carbonyl (C=O) groups is 1. The molecule has 2 N–H and O–H groups in total. The third kappa shape index (κ3) is 8.04. The van der Waals surface area contributed by atoms with Crippen molar-refractivity contribution in [2.45, 2.75) is 25.3 Å². The molecule has 0 aromatic heterocycles. The minimum Gasteiger partial charge on any atom is -0.462 e. The van der Waals surface area contributed by atoms with E-state index >= 15 is 0 Å². The molecule has 0 radical (unpaired) electrons. The van der Waals surface area contributed by atoms with Crippen LogP contribution in [0.5, 0.6) is 0 Å². The summed E-state index contributed by atoms with van der Waals surface area (Å²) in [7, 11) is 0. The Labute approximate surface area is 98.8 Å². The second-order valence-corrected chi connectivity index (χ2v) is 3.16. The number of nitrogens with zero attached hydrogens (tertiary/aromatic N) is 2. The van der Waals surface area contributed by atoms with Crippen molar-refractivity contribution in [3.8, 4) is 0 Å². The molecule has 0 saturated carbocycles. The van der Waals surface area contributed by atoms with Gasteiger partial charge in [-0.05, 0) is 25.8 Å². The molecule has 7 heteroatoms. The first-order valence-corrected chi connectivity index (χ1v) is 5.23. The van der Waals surface area contributed by atoms with Gasteiger partial charge in [-0.3, -0.25) is 0 Å². The molecule has 0 heterocycles. The van der Waals surface area contributed by atoms with Crippen LogP contribution in [-0.2, 0) is 19.1 Å². The van der Waals surface area contributed by atoms with E-state index in [9.17, 15) is 14.4 Å². The van der Waals surface area contributed by atoms with Gasteiger partial charge in [-0.15, -0.1) is 0 Å². The van der Waals surface area contributed by atoms with Gasteiger partial charge in [0, 0.05) is 0 Å². The largest absolute Gasteiger partial charge is 0.462 e. The lowest BCUT2D eigenvalue weighted by Gasteiger charge is -2.09. The molecular weight excluding hydrogens is 226 g/mol. The Morgan fingerprint density at radius 2 is 2.06 bits per heavy atom. The summed E-state index contributed by atoms with van der Waals surface area (Å²) in [6.07, 6.45) is 4.47. The minimum atomic E-state index is -0.848. The predicted molar refractivity (Wildman–Crippen MR) is 58.8 cm³/mol. The van der Waals surface area contributed by atoms with Crippen LogP contribution in [0.4, 0.5) is 0 Å². The summed E-state index contributed by atoms with van der Waals surface area (Å²) in [5, 5.41) is 0. The summed E-state index contributed by atoms with van der Waals surface area (Å²) in [5.41, 5.74) is 5.31. The average molecular weight is 241 g/mol. The van der Waals surface area contributed by atoms with Gasteiger partial charge in [-0.1, -0.05) is 0 Å². The third-order valence-corrected chi connectivity index (χ3v) is 1.92. The van der Waals surface area contributed by atoms with Gasteiger partial charge in [-0.2, -0.15) is 4.99 Å². The van der Waals surface area contributed by atoms with E-state index < -0.39 is 12.0 Å². The summed E-state index contributed by atoms with van der Waals surface area (Å²) in [5.74, 6) is -0.619. The van der Waals surface area contributed by atoms with Crippen molar-refractivity contribution in [1.29, 1.82) is 0 Å². The van der Waals surface area contributed by atoms with Crippen LogP contribution in [0.3, 0.4) is 0 Å². The highest BCUT2D eigenvalue weighted by atomic mass is 16.5. The van der Waals surface area contributed by atoms with Crippen molar-refractivity contribution in [2.24, 2.45) is 15.7 Å². The first-order chi connectivity index (χ1) is 8.26. The van der Waals surface area contributed by atoms with Crippen LogP contribution in [0.1, 0.15) is 19.3 Å². The highest BCUT2D eigenvalue weighted by molar-refractivity contribution is 5.76. The van der Waals surface area contributed by atoms with Gasteiger partial charge in [0.1, 0.15) is 6.61 Å². The molecule has 0 amide bonds. The zero-order valence-corrected chi connectivity index (χ0v) is 9.42. The quantitative estimate of drug-likeness (QED) is 0.258. The number of unbranched alkanes of at least 4 members (excludes halogenated alkanes) is 1. The summed E-state index contributed by atoms with van der Waals surface area (Å²) in [6.45, 7) is 0.534. The molecule has 0 aliphatic carbocycles. The topological polar surface area (TPSA) is 111 Å². The summed E-state index contributed by atoms with van der Waals surface area (Å²) in [6, 6.07) is -0.848.